The van der Waals surface area contributed by atoms with Crippen molar-refractivity contribution in [1.82, 2.24) is 10.9 Å². The molecule has 0 saturated carbocycles. The summed E-state index contributed by atoms with van der Waals surface area (Å²) in [5.74, 6) is 0. The maximum absolute atomic E-state index is 6.05. The van der Waals surface area contributed by atoms with Crippen LogP contribution in [0.25, 0.3) is 0 Å². The third-order valence-electron chi connectivity index (χ3n) is 3.48. The highest BCUT2D eigenvalue weighted by atomic mass is 35.5. The predicted molar refractivity (Wildman–Crippen MR) is 88.2 cm³/mol. The summed E-state index contributed by atoms with van der Waals surface area (Å²) in [6.07, 6.45) is -0.322. The van der Waals surface area contributed by atoms with Crippen LogP contribution in [0.4, 0.5) is 5.69 Å². The molecule has 4 N–H and O–H groups in total. The standard InChI is InChI=1S/C15H15Cl2N5/c16-10-3-1-9(2-4-10)13-14(15(18)22-20-13)21-19-12-7-5-11(17)6-8-12/h1-8,13-15,20,22H,18H2. The van der Waals surface area contributed by atoms with E-state index in [4.69, 9.17) is 28.9 Å². The largest absolute Gasteiger partial charge is 0.313 e. The SMILES string of the molecule is NC1NNC(c2ccc(Cl)cc2)C1N=Nc1ccc(Cl)cc1. The van der Waals surface area contributed by atoms with Crippen LogP contribution in [-0.4, -0.2) is 12.2 Å². The minimum atomic E-state index is -0.322. The molecule has 3 rings (SSSR count). The number of hydrogen-bond donors (Lipinski definition) is 3. The van der Waals surface area contributed by atoms with Crippen molar-refractivity contribution >= 4 is 28.9 Å². The molecule has 0 amide bonds. The van der Waals surface area contributed by atoms with Gasteiger partial charge in [0.05, 0.1) is 17.9 Å². The number of rotatable bonds is 3. The third-order valence-corrected chi connectivity index (χ3v) is 3.98. The van der Waals surface area contributed by atoms with Gasteiger partial charge < -0.3 is 5.73 Å². The molecule has 1 fully saturated rings. The van der Waals surface area contributed by atoms with Gasteiger partial charge in [-0.2, -0.15) is 10.2 Å². The average molecular weight is 336 g/mol. The first kappa shape index (κ1) is 15.4. The van der Waals surface area contributed by atoms with E-state index < -0.39 is 0 Å². The highest BCUT2D eigenvalue weighted by molar-refractivity contribution is 6.30. The molecule has 1 aliphatic heterocycles. The van der Waals surface area contributed by atoms with Crippen molar-refractivity contribution in [2.24, 2.45) is 16.0 Å². The van der Waals surface area contributed by atoms with Gasteiger partial charge in [-0.3, -0.25) is 0 Å². The molecule has 1 aliphatic rings. The van der Waals surface area contributed by atoms with E-state index in [1.165, 1.54) is 0 Å². The number of halogens is 2. The van der Waals surface area contributed by atoms with Crippen molar-refractivity contribution in [2.45, 2.75) is 18.2 Å². The van der Waals surface area contributed by atoms with Crippen molar-refractivity contribution in [2.75, 3.05) is 0 Å². The van der Waals surface area contributed by atoms with Crippen molar-refractivity contribution in [1.29, 1.82) is 0 Å². The van der Waals surface area contributed by atoms with Crippen LogP contribution in [0, 0.1) is 0 Å². The quantitative estimate of drug-likeness (QED) is 0.750. The zero-order valence-corrected chi connectivity index (χ0v) is 13.1. The second kappa shape index (κ2) is 6.73. The fraction of sp³-hybridized carbons (Fsp3) is 0.200. The molecule has 3 atom stereocenters. The van der Waals surface area contributed by atoms with Gasteiger partial charge in [-0.1, -0.05) is 35.3 Å². The van der Waals surface area contributed by atoms with E-state index in [1.54, 1.807) is 12.1 Å². The van der Waals surface area contributed by atoms with Gasteiger partial charge in [-0.25, -0.2) is 10.9 Å². The Hall–Kier alpha value is -1.50. The van der Waals surface area contributed by atoms with Crippen LogP contribution in [0.5, 0.6) is 0 Å². The van der Waals surface area contributed by atoms with E-state index in [1.807, 2.05) is 36.4 Å². The minimum Gasteiger partial charge on any atom is -0.313 e. The molecule has 0 aliphatic carbocycles. The Morgan fingerprint density at radius 1 is 0.864 bits per heavy atom. The lowest BCUT2D eigenvalue weighted by Crippen LogP contribution is -2.40. The minimum absolute atomic E-state index is 0.0664. The monoisotopic (exact) mass is 335 g/mol. The number of hydrogen-bond acceptors (Lipinski definition) is 5. The first-order valence-electron chi connectivity index (χ1n) is 6.82. The molecule has 2 aromatic carbocycles. The highest BCUT2D eigenvalue weighted by Crippen LogP contribution is 2.27. The van der Waals surface area contributed by atoms with Crippen LogP contribution < -0.4 is 16.6 Å². The summed E-state index contributed by atoms with van der Waals surface area (Å²) in [7, 11) is 0. The second-order valence-corrected chi connectivity index (χ2v) is 5.90. The van der Waals surface area contributed by atoms with Gasteiger partial charge in [0.25, 0.3) is 0 Å². The van der Waals surface area contributed by atoms with Gasteiger partial charge in [-0.15, -0.1) is 0 Å². The van der Waals surface area contributed by atoms with Crippen LogP contribution in [0.1, 0.15) is 11.6 Å². The molecule has 7 heteroatoms. The van der Waals surface area contributed by atoms with Crippen molar-refractivity contribution < 1.29 is 0 Å². The van der Waals surface area contributed by atoms with Gasteiger partial charge in [0.15, 0.2) is 0 Å². The summed E-state index contributed by atoms with van der Waals surface area (Å²) < 4.78 is 0. The Balaban J connectivity index is 1.80. The van der Waals surface area contributed by atoms with Gasteiger partial charge in [0.1, 0.15) is 6.04 Å². The van der Waals surface area contributed by atoms with Crippen LogP contribution in [0.2, 0.25) is 10.0 Å². The molecule has 1 heterocycles. The summed E-state index contributed by atoms with van der Waals surface area (Å²) in [6, 6.07) is 14.5. The van der Waals surface area contributed by atoms with Crippen molar-refractivity contribution in [3.63, 3.8) is 0 Å². The van der Waals surface area contributed by atoms with Crippen LogP contribution in [-0.2, 0) is 0 Å². The first-order chi connectivity index (χ1) is 10.6. The third kappa shape index (κ3) is 3.45. The Morgan fingerprint density at radius 2 is 1.45 bits per heavy atom. The molecule has 114 valence electrons. The topological polar surface area (TPSA) is 74.8 Å². The van der Waals surface area contributed by atoms with Crippen LogP contribution >= 0.6 is 23.2 Å². The second-order valence-electron chi connectivity index (χ2n) is 5.03. The number of nitrogens with two attached hydrogens (primary N) is 1. The van der Waals surface area contributed by atoms with E-state index in [2.05, 4.69) is 21.1 Å². The average Bonchev–Trinajstić information content (AvgIpc) is 2.89. The molecule has 0 spiro atoms. The predicted octanol–water partition coefficient (Wildman–Crippen LogP) is 3.58. The van der Waals surface area contributed by atoms with Crippen molar-refractivity contribution in [3.8, 4) is 0 Å². The van der Waals surface area contributed by atoms with E-state index in [0.717, 1.165) is 11.3 Å². The Kier molecular flexibility index (Phi) is 4.71. The lowest BCUT2D eigenvalue weighted by atomic mass is 10.0. The number of hydrazine groups is 1. The summed E-state index contributed by atoms with van der Waals surface area (Å²) in [6.45, 7) is 0. The molecular weight excluding hydrogens is 321 g/mol. The number of benzene rings is 2. The lowest BCUT2D eigenvalue weighted by Gasteiger charge is -2.16. The number of nitrogens with one attached hydrogen (secondary N) is 2. The summed E-state index contributed by atoms with van der Waals surface area (Å²) in [5.41, 5.74) is 14.0. The van der Waals surface area contributed by atoms with E-state index in [0.29, 0.717) is 10.0 Å². The van der Waals surface area contributed by atoms with Crippen molar-refractivity contribution in [3.05, 3.63) is 64.1 Å². The number of azo groups is 1. The zero-order chi connectivity index (χ0) is 15.5. The molecule has 5 nitrogen and oxygen atoms in total. The van der Waals surface area contributed by atoms with E-state index in [9.17, 15) is 0 Å². The van der Waals surface area contributed by atoms with Gasteiger partial charge in [0.2, 0.25) is 0 Å². The molecule has 3 unspecified atom stereocenters. The molecule has 0 aromatic heterocycles. The molecule has 1 saturated heterocycles. The van der Waals surface area contributed by atoms with Gasteiger partial charge >= 0.3 is 0 Å². The van der Waals surface area contributed by atoms with Gasteiger partial charge in [-0.05, 0) is 42.0 Å². The maximum Gasteiger partial charge on any atom is 0.121 e. The van der Waals surface area contributed by atoms with Gasteiger partial charge in [0, 0.05) is 10.0 Å². The normalized spacial score (nSPS) is 25.0. The first-order valence-corrected chi connectivity index (χ1v) is 7.57. The van der Waals surface area contributed by atoms with Crippen LogP contribution in [0.15, 0.2) is 58.8 Å². The molecule has 22 heavy (non-hydrogen) atoms. The molecule has 0 bridgehead atoms. The van der Waals surface area contributed by atoms with E-state index in [-0.39, 0.29) is 18.2 Å². The van der Waals surface area contributed by atoms with E-state index >= 15 is 0 Å². The molecule has 0 radical (unpaired) electrons. The summed E-state index contributed by atoms with van der Waals surface area (Å²) in [4.78, 5) is 0. The lowest BCUT2D eigenvalue weighted by molar-refractivity contribution is 0.523. The Bertz CT molecular complexity index is 657. The highest BCUT2D eigenvalue weighted by Gasteiger charge is 2.34. The molecule has 2 aromatic rings. The number of nitrogens with zero attached hydrogens (tertiary/aromatic N) is 2. The maximum atomic E-state index is 6.05. The molecular formula is C15H15Cl2N5. The summed E-state index contributed by atoms with van der Waals surface area (Å²) in [5, 5.41) is 10.00. The fourth-order valence-electron chi connectivity index (χ4n) is 2.29. The Morgan fingerprint density at radius 3 is 2.09 bits per heavy atom. The van der Waals surface area contributed by atoms with Crippen LogP contribution in [0.3, 0.4) is 0 Å². The zero-order valence-electron chi connectivity index (χ0n) is 11.6. The summed E-state index contributed by atoms with van der Waals surface area (Å²) >= 11 is 11.8. The fourth-order valence-corrected chi connectivity index (χ4v) is 2.55. The Labute approximate surface area is 138 Å². The smallest absolute Gasteiger partial charge is 0.121 e.